The molecule has 4 nitrogen and oxygen atoms in total. The molecule has 2 aromatic rings. The number of aromatic carboxylic acids is 1. The predicted octanol–water partition coefficient (Wildman–Crippen LogP) is 4.04. The summed E-state index contributed by atoms with van der Waals surface area (Å²) in [7, 11) is 1.48. The molecule has 2 rings (SSSR count). The van der Waals surface area contributed by atoms with Crippen molar-refractivity contribution in [3.8, 4) is 11.5 Å². The molecular formula is C16H15BrO4. The minimum atomic E-state index is -1.01. The second-order valence-corrected chi connectivity index (χ2v) is 5.36. The number of hydrogen-bond donors (Lipinski definition) is 1. The van der Waals surface area contributed by atoms with Gasteiger partial charge in [0, 0.05) is 0 Å². The molecule has 0 bridgehead atoms. The first kappa shape index (κ1) is 15.4. The van der Waals surface area contributed by atoms with Crippen LogP contribution in [0.3, 0.4) is 0 Å². The van der Waals surface area contributed by atoms with Crippen LogP contribution >= 0.6 is 15.9 Å². The Morgan fingerprint density at radius 2 is 2.00 bits per heavy atom. The zero-order valence-electron chi connectivity index (χ0n) is 11.7. The second-order valence-electron chi connectivity index (χ2n) is 4.51. The number of methoxy groups -OCH3 is 1. The zero-order chi connectivity index (χ0) is 15.4. The molecule has 0 aliphatic heterocycles. The van der Waals surface area contributed by atoms with Gasteiger partial charge in [0.2, 0.25) is 0 Å². The Balaban J connectivity index is 2.28. The van der Waals surface area contributed by atoms with Gasteiger partial charge in [-0.15, -0.1) is 0 Å². The molecule has 0 fully saturated rings. The first-order valence-electron chi connectivity index (χ1n) is 6.31. The van der Waals surface area contributed by atoms with Gasteiger partial charge in [-0.05, 0) is 46.1 Å². The lowest BCUT2D eigenvalue weighted by Crippen LogP contribution is -2.03. The van der Waals surface area contributed by atoms with Gasteiger partial charge >= 0.3 is 5.97 Å². The molecule has 1 N–H and O–H groups in total. The zero-order valence-corrected chi connectivity index (χ0v) is 13.3. The second kappa shape index (κ2) is 6.63. The van der Waals surface area contributed by atoms with E-state index < -0.39 is 5.97 Å². The lowest BCUT2D eigenvalue weighted by Gasteiger charge is -2.14. The van der Waals surface area contributed by atoms with Crippen molar-refractivity contribution in [1.29, 1.82) is 0 Å². The van der Waals surface area contributed by atoms with Crippen molar-refractivity contribution in [2.45, 2.75) is 13.5 Å². The highest BCUT2D eigenvalue weighted by Crippen LogP contribution is 2.37. The third kappa shape index (κ3) is 3.55. The minimum absolute atomic E-state index is 0.141. The number of carbonyl (C=O) groups is 1. The SMILES string of the molecule is COc1cc(C(=O)O)cc(Br)c1OCc1ccccc1C. The first-order valence-corrected chi connectivity index (χ1v) is 7.10. The number of hydrogen-bond acceptors (Lipinski definition) is 3. The van der Waals surface area contributed by atoms with E-state index in [1.165, 1.54) is 19.2 Å². The maximum Gasteiger partial charge on any atom is 0.335 e. The molecule has 0 radical (unpaired) electrons. The fourth-order valence-corrected chi connectivity index (χ4v) is 2.46. The summed E-state index contributed by atoms with van der Waals surface area (Å²) in [5, 5.41) is 9.05. The molecule has 21 heavy (non-hydrogen) atoms. The fourth-order valence-electron chi connectivity index (χ4n) is 1.91. The topological polar surface area (TPSA) is 55.8 Å². The molecule has 0 heterocycles. The van der Waals surface area contributed by atoms with E-state index in [2.05, 4.69) is 15.9 Å². The number of carboxylic acids is 1. The molecular weight excluding hydrogens is 336 g/mol. The normalized spacial score (nSPS) is 10.2. The van der Waals surface area contributed by atoms with Crippen molar-refractivity contribution in [2.75, 3.05) is 7.11 Å². The molecule has 0 aliphatic carbocycles. The fraction of sp³-hybridized carbons (Fsp3) is 0.188. The van der Waals surface area contributed by atoms with Gasteiger partial charge in [0.1, 0.15) is 6.61 Å². The van der Waals surface area contributed by atoms with Crippen LogP contribution in [0.25, 0.3) is 0 Å². The summed E-state index contributed by atoms with van der Waals surface area (Å²) >= 11 is 3.33. The van der Waals surface area contributed by atoms with Crippen LogP contribution < -0.4 is 9.47 Å². The Hall–Kier alpha value is -2.01. The summed E-state index contributed by atoms with van der Waals surface area (Å²) < 4.78 is 11.6. The molecule has 0 aromatic heterocycles. The minimum Gasteiger partial charge on any atom is -0.493 e. The van der Waals surface area contributed by atoms with Gasteiger partial charge in [-0.2, -0.15) is 0 Å². The standard InChI is InChI=1S/C16H15BrO4/c1-10-5-3-4-6-11(10)9-21-15-13(17)7-12(16(18)19)8-14(15)20-2/h3-8H,9H2,1-2H3,(H,18,19). The number of carboxylic acid groups (broad SMARTS) is 1. The molecule has 0 unspecified atom stereocenters. The van der Waals surface area contributed by atoms with E-state index in [0.717, 1.165) is 11.1 Å². The van der Waals surface area contributed by atoms with Crippen LogP contribution in [-0.2, 0) is 6.61 Å². The summed E-state index contributed by atoms with van der Waals surface area (Å²) in [5.41, 5.74) is 2.34. The van der Waals surface area contributed by atoms with Gasteiger partial charge < -0.3 is 14.6 Å². The van der Waals surface area contributed by atoms with Gasteiger partial charge in [-0.25, -0.2) is 4.79 Å². The smallest absolute Gasteiger partial charge is 0.335 e. The Bertz CT molecular complexity index is 667. The lowest BCUT2D eigenvalue weighted by molar-refractivity contribution is 0.0696. The van der Waals surface area contributed by atoms with E-state index in [1.807, 2.05) is 31.2 Å². The Kier molecular flexibility index (Phi) is 4.85. The number of ether oxygens (including phenoxy) is 2. The van der Waals surface area contributed by atoms with Crippen molar-refractivity contribution in [3.05, 3.63) is 57.6 Å². The maximum absolute atomic E-state index is 11.0. The van der Waals surface area contributed by atoms with E-state index in [9.17, 15) is 4.79 Å². The molecule has 110 valence electrons. The van der Waals surface area contributed by atoms with Crippen LogP contribution in [0.15, 0.2) is 40.9 Å². The quantitative estimate of drug-likeness (QED) is 0.883. The van der Waals surface area contributed by atoms with Crippen molar-refractivity contribution in [1.82, 2.24) is 0 Å². The van der Waals surface area contributed by atoms with Crippen LogP contribution in [-0.4, -0.2) is 18.2 Å². The average molecular weight is 351 g/mol. The first-order chi connectivity index (χ1) is 10.0. The van der Waals surface area contributed by atoms with Crippen LogP contribution in [0.4, 0.5) is 0 Å². The molecule has 0 spiro atoms. The Morgan fingerprint density at radius 1 is 1.29 bits per heavy atom. The van der Waals surface area contributed by atoms with Crippen molar-refractivity contribution >= 4 is 21.9 Å². The van der Waals surface area contributed by atoms with Gasteiger partial charge in [0.25, 0.3) is 0 Å². The highest BCUT2D eigenvalue weighted by atomic mass is 79.9. The van der Waals surface area contributed by atoms with E-state index >= 15 is 0 Å². The van der Waals surface area contributed by atoms with Gasteiger partial charge in [-0.3, -0.25) is 0 Å². The maximum atomic E-state index is 11.0. The third-order valence-corrected chi connectivity index (χ3v) is 3.70. The molecule has 0 saturated carbocycles. The Morgan fingerprint density at radius 3 is 2.62 bits per heavy atom. The largest absolute Gasteiger partial charge is 0.493 e. The summed E-state index contributed by atoms with van der Waals surface area (Å²) in [5.74, 6) is -0.138. The van der Waals surface area contributed by atoms with Crippen molar-refractivity contribution in [2.24, 2.45) is 0 Å². The van der Waals surface area contributed by atoms with Gasteiger partial charge in [-0.1, -0.05) is 24.3 Å². The molecule has 0 saturated heterocycles. The molecule has 5 heteroatoms. The number of benzene rings is 2. The number of rotatable bonds is 5. The van der Waals surface area contributed by atoms with Crippen LogP contribution in [0.1, 0.15) is 21.5 Å². The summed E-state index contributed by atoms with van der Waals surface area (Å²) in [6, 6.07) is 10.9. The number of aryl methyl sites for hydroxylation is 1. The van der Waals surface area contributed by atoms with Gasteiger partial charge in [0.05, 0.1) is 17.1 Å². The summed E-state index contributed by atoms with van der Waals surface area (Å²) in [6.07, 6.45) is 0. The van der Waals surface area contributed by atoms with E-state index in [0.29, 0.717) is 22.6 Å². The summed E-state index contributed by atoms with van der Waals surface area (Å²) in [6.45, 7) is 2.40. The van der Waals surface area contributed by atoms with Crippen molar-refractivity contribution < 1.29 is 19.4 Å². The highest BCUT2D eigenvalue weighted by molar-refractivity contribution is 9.10. The molecule has 0 amide bonds. The van der Waals surface area contributed by atoms with E-state index in [1.54, 1.807) is 0 Å². The average Bonchev–Trinajstić information content (AvgIpc) is 2.46. The van der Waals surface area contributed by atoms with Crippen LogP contribution in [0.5, 0.6) is 11.5 Å². The summed E-state index contributed by atoms with van der Waals surface area (Å²) in [4.78, 5) is 11.0. The van der Waals surface area contributed by atoms with Crippen LogP contribution in [0, 0.1) is 6.92 Å². The number of halogens is 1. The highest BCUT2D eigenvalue weighted by Gasteiger charge is 2.15. The van der Waals surface area contributed by atoms with E-state index in [-0.39, 0.29) is 5.56 Å². The lowest BCUT2D eigenvalue weighted by atomic mass is 10.1. The Labute approximate surface area is 131 Å². The third-order valence-electron chi connectivity index (χ3n) is 3.11. The van der Waals surface area contributed by atoms with Crippen molar-refractivity contribution in [3.63, 3.8) is 0 Å². The van der Waals surface area contributed by atoms with E-state index in [4.69, 9.17) is 14.6 Å². The monoisotopic (exact) mass is 350 g/mol. The molecule has 2 aromatic carbocycles. The molecule has 0 aliphatic rings. The van der Waals surface area contributed by atoms with Gasteiger partial charge in [0.15, 0.2) is 11.5 Å². The van der Waals surface area contributed by atoms with Crippen LogP contribution in [0.2, 0.25) is 0 Å². The predicted molar refractivity (Wildman–Crippen MR) is 83.2 cm³/mol. The molecule has 0 atom stereocenters.